The van der Waals surface area contributed by atoms with Crippen molar-refractivity contribution >= 4 is 0 Å². The highest BCUT2D eigenvalue weighted by molar-refractivity contribution is 4.68. The van der Waals surface area contributed by atoms with Crippen molar-refractivity contribution in [1.29, 1.82) is 0 Å². The molecule has 0 aliphatic heterocycles. The molecular weight excluding hydrogens is 172 g/mol. The minimum Gasteiger partial charge on any atom is -0.378 e. The van der Waals surface area contributed by atoms with E-state index in [1.54, 1.807) is 0 Å². The summed E-state index contributed by atoms with van der Waals surface area (Å²) in [6, 6.07) is 0. The van der Waals surface area contributed by atoms with Gasteiger partial charge in [0.25, 0.3) is 0 Å². The average Bonchev–Trinajstić information content (AvgIpc) is 2.00. The van der Waals surface area contributed by atoms with E-state index >= 15 is 0 Å². The molecule has 0 spiro atoms. The summed E-state index contributed by atoms with van der Waals surface area (Å²) in [5.74, 6) is 0.830. The van der Waals surface area contributed by atoms with Gasteiger partial charge in [-0.3, -0.25) is 0 Å². The highest BCUT2D eigenvalue weighted by atomic mass is 16.5. The monoisotopic (exact) mass is 200 g/mol. The van der Waals surface area contributed by atoms with Crippen LogP contribution in [-0.4, -0.2) is 12.7 Å². The molecule has 0 radical (unpaired) electrons. The van der Waals surface area contributed by atoms with Gasteiger partial charge in [0.05, 0.1) is 12.7 Å². The van der Waals surface area contributed by atoms with Gasteiger partial charge in [0, 0.05) is 0 Å². The lowest BCUT2D eigenvalue weighted by Crippen LogP contribution is -2.21. The van der Waals surface area contributed by atoms with E-state index in [-0.39, 0.29) is 0 Å². The maximum absolute atomic E-state index is 5.66. The van der Waals surface area contributed by atoms with Crippen LogP contribution in [0.5, 0.6) is 0 Å². The smallest absolute Gasteiger partial charge is 0.0520 e. The molecule has 0 amide bonds. The van der Waals surface area contributed by atoms with Crippen molar-refractivity contribution in [2.24, 2.45) is 11.3 Å². The fourth-order valence-corrected chi connectivity index (χ4v) is 1.45. The standard InChI is InChI=1S/C13H28O/c1-11(2)8-7-9-13(5,6)10-14-12(3)4/h11-12H,7-10H2,1-6H3. The maximum atomic E-state index is 5.66. The molecule has 0 aromatic rings. The molecule has 1 heteroatoms. The van der Waals surface area contributed by atoms with Crippen molar-refractivity contribution < 1.29 is 4.74 Å². The molecule has 0 fully saturated rings. The van der Waals surface area contributed by atoms with E-state index in [4.69, 9.17) is 4.74 Å². The summed E-state index contributed by atoms with van der Waals surface area (Å²) in [5.41, 5.74) is 0.346. The van der Waals surface area contributed by atoms with Crippen molar-refractivity contribution in [2.75, 3.05) is 6.61 Å². The zero-order chi connectivity index (χ0) is 11.2. The van der Waals surface area contributed by atoms with Crippen molar-refractivity contribution in [3.05, 3.63) is 0 Å². The third-order valence-corrected chi connectivity index (χ3v) is 2.44. The minimum absolute atomic E-state index is 0.346. The van der Waals surface area contributed by atoms with Gasteiger partial charge in [-0.15, -0.1) is 0 Å². The van der Waals surface area contributed by atoms with Gasteiger partial charge in [-0.1, -0.05) is 40.5 Å². The molecule has 0 unspecified atom stereocenters. The van der Waals surface area contributed by atoms with E-state index in [0.717, 1.165) is 12.5 Å². The second kappa shape index (κ2) is 6.44. The first-order valence-corrected chi connectivity index (χ1v) is 5.95. The van der Waals surface area contributed by atoms with Gasteiger partial charge in [-0.05, 0) is 31.6 Å². The quantitative estimate of drug-likeness (QED) is 0.596. The first kappa shape index (κ1) is 14.0. The predicted octanol–water partition coefficient (Wildman–Crippen LogP) is 4.26. The van der Waals surface area contributed by atoms with Gasteiger partial charge in [0.1, 0.15) is 0 Å². The van der Waals surface area contributed by atoms with Crippen LogP contribution in [0, 0.1) is 11.3 Å². The summed E-state index contributed by atoms with van der Waals surface area (Å²) in [6.07, 6.45) is 4.30. The van der Waals surface area contributed by atoms with Crippen LogP contribution in [0.2, 0.25) is 0 Å². The summed E-state index contributed by atoms with van der Waals surface area (Å²) in [7, 11) is 0. The van der Waals surface area contributed by atoms with Gasteiger partial charge in [-0.25, -0.2) is 0 Å². The zero-order valence-electron chi connectivity index (χ0n) is 10.9. The van der Waals surface area contributed by atoms with Gasteiger partial charge >= 0.3 is 0 Å². The Morgan fingerprint density at radius 1 is 1.07 bits per heavy atom. The highest BCUT2D eigenvalue weighted by Gasteiger charge is 2.18. The van der Waals surface area contributed by atoms with Crippen LogP contribution in [-0.2, 0) is 4.74 Å². The summed E-state index contributed by atoms with van der Waals surface area (Å²) in [4.78, 5) is 0. The van der Waals surface area contributed by atoms with Crippen LogP contribution >= 0.6 is 0 Å². The van der Waals surface area contributed by atoms with Crippen LogP contribution in [0.1, 0.15) is 60.8 Å². The third-order valence-electron chi connectivity index (χ3n) is 2.44. The maximum Gasteiger partial charge on any atom is 0.0520 e. The van der Waals surface area contributed by atoms with Crippen molar-refractivity contribution in [3.8, 4) is 0 Å². The van der Waals surface area contributed by atoms with E-state index < -0.39 is 0 Å². The lowest BCUT2D eigenvalue weighted by Gasteiger charge is -2.26. The second-order valence-corrected chi connectivity index (χ2v) is 5.81. The molecular formula is C13H28O. The molecule has 1 nitrogen and oxygen atoms in total. The molecule has 0 bridgehead atoms. The second-order valence-electron chi connectivity index (χ2n) is 5.81. The molecule has 0 aromatic carbocycles. The third kappa shape index (κ3) is 8.55. The number of rotatable bonds is 7. The molecule has 0 saturated heterocycles. The molecule has 0 saturated carbocycles. The fourth-order valence-electron chi connectivity index (χ4n) is 1.45. The fraction of sp³-hybridized carbons (Fsp3) is 1.00. The normalized spacial score (nSPS) is 12.9. The SMILES string of the molecule is CC(C)CCCC(C)(C)COC(C)C. The lowest BCUT2D eigenvalue weighted by atomic mass is 9.87. The first-order chi connectivity index (χ1) is 6.33. The van der Waals surface area contributed by atoms with Crippen LogP contribution < -0.4 is 0 Å². The molecule has 0 aliphatic carbocycles. The van der Waals surface area contributed by atoms with E-state index in [9.17, 15) is 0 Å². The molecule has 0 rings (SSSR count). The Kier molecular flexibility index (Phi) is 6.43. The van der Waals surface area contributed by atoms with Crippen LogP contribution in [0.3, 0.4) is 0 Å². The Morgan fingerprint density at radius 3 is 2.07 bits per heavy atom. The molecule has 0 aromatic heterocycles. The predicted molar refractivity (Wildman–Crippen MR) is 63.6 cm³/mol. The molecule has 0 aliphatic rings. The van der Waals surface area contributed by atoms with Crippen LogP contribution in [0.15, 0.2) is 0 Å². The Hall–Kier alpha value is -0.0400. The van der Waals surface area contributed by atoms with Crippen molar-refractivity contribution in [1.82, 2.24) is 0 Å². The minimum atomic E-state index is 0.346. The topological polar surface area (TPSA) is 9.23 Å². The highest BCUT2D eigenvalue weighted by Crippen LogP contribution is 2.25. The zero-order valence-corrected chi connectivity index (χ0v) is 10.9. The number of hydrogen-bond donors (Lipinski definition) is 0. The Morgan fingerprint density at radius 2 is 1.64 bits per heavy atom. The molecule has 0 heterocycles. The van der Waals surface area contributed by atoms with Gasteiger partial charge in [-0.2, -0.15) is 0 Å². The summed E-state index contributed by atoms with van der Waals surface area (Å²) < 4.78 is 5.66. The van der Waals surface area contributed by atoms with E-state index in [1.165, 1.54) is 19.3 Å². The molecule has 0 N–H and O–H groups in total. The number of hydrogen-bond acceptors (Lipinski definition) is 1. The summed E-state index contributed by atoms with van der Waals surface area (Å²) in [5, 5.41) is 0. The van der Waals surface area contributed by atoms with Crippen LogP contribution in [0.4, 0.5) is 0 Å². The summed E-state index contributed by atoms with van der Waals surface area (Å²) in [6.45, 7) is 14.3. The lowest BCUT2D eigenvalue weighted by molar-refractivity contribution is 0.0170. The molecule has 86 valence electrons. The average molecular weight is 200 g/mol. The Labute approximate surface area is 90.2 Å². The molecule has 14 heavy (non-hydrogen) atoms. The first-order valence-electron chi connectivity index (χ1n) is 5.95. The van der Waals surface area contributed by atoms with Gasteiger partial charge < -0.3 is 4.74 Å². The van der Waals surface area contributed by atoms with Crippen LogP contribution in [0.25, 0.3) is 0 Å². The van der Waals surface area contributed by atoms with E-state index in [0.29, 0.717) is 11.5 Å². The van der Waals surface area contributed by atoms with Gasteiger partial charge in [0.15, 0.2) is 0 Å². The Bertz CT molecular complexity index is 136. The Balaban J connectivity index is 3.61. The van der Waals surface area contributed by atoms with Crippen molar-refractivity contribution in [3.63, 3.8) is 0 Å². The number of ether oxygens (including phenoxy) is 1. The van der Waals surface area contributed by atoms with Gasteiger partial charge in [0.2, 0.25) is 0 Å². The van der Waals surface area contributed by atoms with E-state index in [2.05, 4.69) is 41.5 Å². The molecule has 0 atom stereocenters. The van der Waals surface area contributed by atoms with Crippen molar-refractivity contribution in [2.45, 2.75) is 66.9 Å². The largest absolute Gasteiger partial charge is 0.378 e. The van der Waals surface area contributed by atoms with E-state index in [1.807, 2.05) is 0 Å². The summed E-state index contributed by atoms with van der Waals surface area (Å²) >= 11 is 0.